The Labute approximate surface area is 178 Å². The average molecular weight is 510 g/mol. The highest BCUT2D eigenvalue weighted by atomic mass is 79.9. The van der Waals surface area contributed by atoms with Crippen LogP contribution in [-0.2, 0) is 0 Å². The van der Waals surface area contributed by atoms with Gasteiger partial charge in [0.15, 0.2) is 0 Å². The number of amides is 1. The van der Waals surface area contributed by atoms with Crippen molar-refractivity contribution in [3.8, 4) is 0 Å². The van der Waals surface area contributed by atoms with E-state index in [-0.39, 0.29) is 11.7 Å². The zero-order valence-electron chi connectivity index (χ0n) is 14.8. The second-order valence-electron chi connectivity index (χ2n) is 5.99. The van der Waals surface area contributed by atoms with Crippen LogP contribution in [0.25, 0.3) is 11.0 Å². The number of anilines is 2. The first-order chi connectivity index (χ1) is 13.5. The van der Waals surface area contributed by atoms with Crippen LogP contribution >= 0.6 is 31.9 Å². The summed E-state index contributed by atoms with van der Waals surface area (Å²) in [6.45, 7) is 1.75. The smallest absolute Gasteiger partial charge is 0.371 e. The van der Waals surface area contributed by atoms with Crippen molar-refractivity contribution in [2.75, 3.05) is 34.0 Å². The third-order valence-electron chi connectivity index (χ3n) is 4.15. The van der Waals surface area contributed by atoms with Crippen LogP contribution in [0.15, 0.2) is 42.5 Å². The molecule has 7 nitrogen and oxygen atoms in total. The maximum Gasteiger partial charge on any atom is 0.371 e. The van der Waals surface area contributed by atoms with E-state index in [0.717, 1.165) is 29.4 Å². The van der Waals surface area contributed by atoms with Crippen LogP contribution in [-0.4, -0.2) is 50.7 Å². The molecule has 0 aliphatic rings. The zero-order valence-corrected chi connectivity index (χ0v) is 18.0. The van der Waals surface area contributed by atoms with Gasteiger partial charge in [-0.15, -0.1) is 0 Å². The first-order valence-electron chi connectivity index (χ1n) is 8.53. The van der Waals surface area contributed by atoms with E-state index < -0.39 is 5.97 Å². The lowest BCUT2D eigenvalue weighted by Gasteiger charge is -2.23. The molecule has 146 valence electrons. The molecule has 2 aromatic carbocycles. The summed E-state index contributed by atoms with van der Waals surface area (Å²) >= 11 is 6.92. The van der Waals surface area contributed by atoms with Crippen molar-refractivity contribution in [1.29, 1.82) is 0 Å². The van der Waals surface area contributed by atoms with Crippen LogP contribution in [0.5, 0.6) is 0 Å². The first kappa shape index (κ1) is 20.3. The minimum Gasteiger partial charge on any atom is -0.475 e. The number of aromatic amines is 1. The molecule has 1 heterocycles. The summed E-state index contributed by atoms with van der Waals surface area (Å²) in [7, 11) is 0. The number of hydrogen-bond donors (Lipinski definition) is 3. The number of hydrogen-bond acceptors (Lipinski definition) is 4. The number of aromatic carboxylic acids is 1. The normalized spacial score (nSPS) is 10.8. The summed E-state index contributed by atoms with van der Waals surface area (Å²) < 4.78 is 0. The summed E-state index contributed by atoms with van der Waals surface area (Å²) in [4.78, 5) is 32.5. The van der Waals surface area contributed by atoms with Crippen molar-refractivity contribution in [3.05, 3.63) is 53.9 Å². The largest absolute Gasteiger partial charge is 0.475 e. The van der Waals surface area contributed by atoms with E-state index in [0.29, 0.717) is 22.3 Å². The number of benzene rings is 2. The summed E-state index contributed by atoms with van der Waals surface area (Å²) in [6, 6.07) is 12.5. The fourth-order valence-corrected chi connectivity index (χ4v) is 3.64. The Bertz CT molecular complexity index is 983. The number of carbonyl (C=O) groups is 2. The highest BCUT2D eigenvalue weighted by molar-refractivity contribution is 9.09. The number of alkyl halides is 2. The van der Waals surface area contributed by atoms with Crippen molar-refractivity contribution in [1.82, 2.24) is 9.97 Å². The molecule has 0 fully saturated rings. The fourth-order valence-electron chi connectivity index (χ4n) is 2.79. The number of rotatable bonds is 8. The molecule has 1 amide bonds. The summed E-state index contributed by atoms with van der Waals surface area (Å²) in [5.41, 5.74) is 3.21. The van der Waals surface area contributed by atoms with Gasteiger partial charge in [-0.2, -0.15) is 0 Å². The SMILES string of the molecule is O=C(Nc1ccc2[nH]c(C(=O)O)nc2c1)c1ccc(N(CCBr)CCBr)cc1. The van der Waals surface area contributed by atoms with Crippen molar-refractivity contribution < 1.29 is 14.7 Å². The predicted octanol–water partition coefficient (Wildman–Crippen LogP) is 4.11. The number of carbonyl (C=O) groups excluding carboxylic acids is 1. The molecule has 0 aliphatic heterocycles. The molecule has 3 rings (SSSR count). The van der Waals surface area contributed by atoms with E-state index in [1.165, 1.54) is 0 Å². The molecule has 0 unspecified atom stereocenters. The molecular weight excluding hydrogens is 492 g/mol. The quantitative estimate of drug-likeness (QED) is 0.397. The molecule has 3 N–H and O–H groups in total. The number of H-pyrrole nitrogens is 1. The highest BCUT2D eigenvalue weighted by Crippen LogP contribution is 2.20. The Morgan fingerprint density at radius 1 is 1.07 bits per heavy atom. The van der Waals surface area contributed by atoms with Crippen LogP contribution in [0, 0.1) is 0 Å². The Morgan fingerprint density at radius 3 is 2.36 bits per heavy atom. The third kappa shape index (κ3) is 4.71. The Kier molecular flexibility index (Phi) is 6.69. The van der Waals surface area contributed by atoms with Gasteiger partial charge < -0.3 is 20.3 Å². The molecule has 0 spiro atoms. The Hall–Kier alpha value is -2.39. The van der Waals surface area contributed by atoms with Crippen molar-refractivity contribution in [3.63, 3.8) is 0 Å². The second-order valence-corrected chi connectivity index (χ2v) is 7.57. The number of imidazole rings is 1. The summed E-state index contributed by atoms with van der Waals surface area (Å²) in [5.74, 6) is -1.51. The Balaban J connectivity index is 1.73. The van der Waals surface area contributed by atoms with Crippen molar-refractivity contribution in [2.45, 2.75) is 0 Å². The van der Waals surface area contributed by atoms with Gasteiger partial charge in [0.2, 0.25) is 5.82 Å². The van der Waals surface area contributed by atoms with Crippen LogP contribution in [0.2, 0.25) is 0 Å². The second kappa shape index (κ2) is 9.20. The van der Waals surface area contributed by atoms with Gasteiger partial charge in [-0.3, -0.25) is 4.79 Å². The molecule has 3 aromatic rings. The van der Waals surface area contributed by atoms with Crippen molar-refractivity contribution in [2.24, 2.45) is 0 Å². The maximum atomic E-state index is 12.5. The number of carboxylic acid groups (broad SMARTS) is 1. The molecule has 0 saturated carbocycles. The Morgan fingerprint density at radius 2 is 1.75 bits per heavy atom. The summed E-state index contributed by atoms with van der Waals surface area (Å²) in [6.07, 6.45) is 0. The number of halogens is 2. The van der Waals surface area contributed by atoms with Gasteiger partial charge in [-0.05, 0) is 42.5 Å². The van der Waals surface area contributed by atoms with Gasteiger partial charge in [-0.25, -0.2) is 9.78 Å². The maximum absolute atomic E-state index is 12.5. The topological polar surface area (TPSA) is 98.3 Å². The first-order valence-corrected chi connectivity index (χ1v) is 10.8. The zero-order chi connectivity index (χ0) is 20.1. The number of nitrogens with zero attached hydrogens (tertiary/aromatic N) is 2. The lowest BCUT2D eigenvalue weighted by Crippen LogP contribution is -2.27. The number of aromatic nitrogens is 2. The molecule has 0 atom stereocenters. The third-order valence-corrected chi connectivity index (χ3v) is 4.86. The van der Waals surface area contributed by atoms with Gasteiger partial charge in [0, 0.05) is 40.7 Å². The van der Waals surface area contributed by atoms with E-state index in [2.05, 4.69) is 52.0 Å². The number of fused-ring (bicyclic) bond motifs is 1. The lowest BCUT2D eigenvalue weighted by atomic mass is 10.1. The highest BCUT2D eigenvalue weighted by Gasteiger charge is 2.12. The lowest BCUT2D eigenvalue weighted by molar-refractivity contribution is 0.0685. The molecule has 28 heavy (non-hydrogen) atoms. The van der Waals surface area contributed by atoms with E-state index in [4.69, 9.17) is 5.11 Å². The minimum absolute atomic E-state index is 0.134. The standard InChI is InChI=1S/C19H18Br2N4O3/c20-7-9-25(10-8-21)14-4-1-12(2-5-14)18(26)22-13-3-6-15-16(11-13)24-17(23-15)19(27)28/h1-6,11H,7-10H2,(H,22,26)(H,23,24)(H,27,28). The fraction of sp³-hybridized carbons (Fsp3) is 0.211. The van der Waals surface area contributed by atoms with Crippen LogP contribution in [0.3, 0.4) is 0 Å². The monoisotopic (exact) mass is 508 g/mol. The average Bonchev–Trinajstić information content (AvgIpc) is 3.12. The van der Waals surface area contributed by atoms with Gasteiger partial charge in [0.1, 0.15) is 0 Å². The molecule has 0 aliphatic carbocycles. The van der Waals surface area contributed by atoms with Crippen molar-refractivity contribution >= 4 is 66.1 Å². The molecule has 0 saturated heterocycles. The van der Waals surface area contributed by atoms with Gasteiger partial charge in [0.25, 0.3) is 5.91 Å². The minimum atomic E-state index is -1.13. The molecular formula is C19H18Br2N4O3. The van der Waals surface area contributed by atoms with Crippen LogP contribution in [0.4, 0.5) is 11.4 Å². The molecule has 9 heteroatoms. The number of carboxylic acids is 1. The molecule has 0 radical (unpaired) electrons. The van der Waals surface area contributed by atoms with Gasteiger partial charge in [-0.1, -0.05) is 31.9 Å². The van der Waals surface area contributed by atoms with E-state index in [1.807, 2.05) is 12.1 Å². The van der Waals surface area contributed by atoms with E-state index in [1.54, 1.807) is 30.3 Å². The molecule has 1 aromatic heterocycles. The van der Waals surface area contributed by atoms with Gasteiger partial charge >= 0.3 is 5.97 Å². The summed E-state index contributed by atoms with van der Waals surface area (Å²) in [5, 5.41) is 13.5. The molecule has 0 bridgehead atoms. The predicted molar refractivity (Wildman–Crippen MR) is 117 cm³/mol. The van der Waals surface area contributed by atoms with E-state index in [9.17, 15) is 9.59 Å². The van der Waals surface area contributed by atoms with Crippen LogP contribution in [0.1, 0.15) is 21.0 Å². The van der Waals surface area contributed by atoms with Gasteiger partial charge in [0.05, 0.1) is 11.0 Å². The number of nitrogens with one attached hydrogen (secondary N) is 2. The van der Waals surface area contributed by atoms with E-state index >= 15 is 0 Å². The van der Waals surface area contributed by atoms with Crippen LogP contribution < -0.4 is 10.2 Å².